The van der Waals surface area contributed by atoms with Crippen LogP contribution in [0, 0.1) is 6.92 Å². The summed E-state index contributed by atoms with van der Waals surface area (Å²) in [6.07, 6.45) is 4.17. The Balaban J connectivity index is 2.13. The summed E-state index contributed by atoms with van der Waals surface area (Å²) in [7, 11) is 0. The van der Waals surface area contributed by atoms with E-state index < -0.39 is 0 Å². The first-order valence-electron chi connectivity index (χ1n) is 5.70. The van der Waals surface area contributed by atoms with E-state index >= 15 is 0 Å². The van der Waals surface area contributed by atoms with E-state index in [-0.39, 0.29) is 5.54 Å². The predicted octanol–water partition coefficient (Wildman–Crippen LogP) is 2.71. The van der Waals surface area contributed by atoms with E-state index in [0.717, 1.165) is 36.2 Å². The van der Waals surface area contributed by atoms with Crippen LogP contribution in [0.3, 0.4) is 0 Å². The molecule has 0 radical (unpaired) electrons. The zero-order valence-electron chi connectivity index (χ0n) is 9.81. The van der Waals surface area contributed by atoms with Gasteiger partial charge in [-0.1, -0.05) is 0 Å². The largest absolute Gasteiger partial charge is 0.364 e. The molecule has 16 heavy (non-hydrogen) atoms. The quantitative estimate of drug-likeness (QED) is 0.876. The highest BCUT2D eigenvalue weighted by molar-refractivity contribution is 9.10. The smallest absolute Gasteiger partial charge is 0.140 e. The number of halogens is 1. The molecule has 2 rings (SSSR count). The number of anilines is 1. The summed E-state index contributed by atoms with van der Waals surface area (Å²) in [5, 5.41) is 6.93. The molecule has 0 amide bonds. The van der Waals surface area contributed by atoms with E-state index in [1.165, 1.54) is 5.56 Å². The van der Waals surface area contributed by atoms with Crippen molar-refractivity contribution in [1.82, 2.24) is 10.3 Å². The van der Waals surface area contributed by atoms with E-state index in [0.29, 0.717) is 0 Å². The first-order valence-corrected chi connectivity index (χ1v) is 6.49. The van der Waals surface area contributed by atoms with Crippen molar-refractivity contribution in [3.8, 4) is 0 Å². The van der Waals surface area contributed by atoms with E-state index in [4.69, 9.17) is 0 Å². The molecule has 1 aromatic rings. The average Bonchev–Trinajstić information content (AvgIpc) is 2.23. The SMILES string of the molecule is Cc1cnc(NC2(C)CCNCC2)c(Br)c1. The second kappa shape index (κ2) is 4.72. The van der Waals surface area contributed by atoms with Crippen LogP contribution in [-0.2, 0) is 0 Å². The summed E-state index contributed by atoms with van der Waals surface area (Å²) in [4.78, 5) is 4.44. The van der Waals surface area contributed by atoms with Gasteiger partial charge in [-0.2, -0.15) is 0 Å². The number of hydrogen-bond donors (Lipinski definition) is 2. The molecular formula is C12H18BrN3. The van der Waals surface area contributed by atoms with Crippen LogP contribution in [0.25, 0.3) is 0 Å². The maximum atomic E-state index is 4.44. The molecule has 88 valence electrons. The topological polar surface area (TPSA) is 37.0 Å². The normalized spacial score (nSPS) is 19.4. The fourth-order valence-corrected chi connectivity index (χ4v) is 2.58. The average molecular weight is 284 g/mol. The zero-order chi connectivity index (χ0) is 11.6. The first-order chi connectivity index (χ1) is 7.59. The summed E-state index contributed by atoms with van der Waals surface area (Å²) >= 11 is 3.56. The Morgan fingerprint density at radius 3 is 2.75 bits per heavy atom. The molecule has 1 aliphatic heterocycles. The maximum absolute atomic E-state index is 4.44. The molecule has 0 unspecified atom stereocenters. The Bertz CT molecular complexity index is 373. The third-order valence-corrected chi connectivity index (χ3v) is 3.71. The fourth-order valence-electron chi connectivity index (χ4n) is 2.01. The third kappa shape index (κ3) is 2.74. The van der Waals surface area contributed by atoms with Crippen LogP contribution < -0.4 is 10.6 Å². The Kier molecular flexibility index (Phi) is 3.50. The van der Waals surface area contributed by atoms with Crippen LogP contribution in [0.4, 0.5) is 5.82 Å². The van der Waals surface area contributed by atoms with Crippen molar-refractivity contribution in [3.05, 3.63) is 22.3 Å². The Morgan fingerprint density at radius 2 is 2.12 bits per heavy atom. The van der Waals surface area contributed by atoms with Gasteiger partial charge in [-0.25, -0.2) is 4.98 Å². The lowest BCUT2D eigenvalue weighted by molar-refractivity contribution is 0.364. The van der Waals surface area contributed by atoms with Gasteiger partial charge in [0.1, 0.15) is 5.82 Å². The number of piperidine rings is 1. The molecule has 3 nitrogen and oxygen atoms in total. The van der Waals surface area contributed by atoms with Crippen molar-refractivity contribution in [2.45, 2.75) is 32.2 Å². The summed E-state index contributed by atoms with van der Waals surface area (Å²) in [5.74, 6) is 0.954. The van der Waals surface area contributed by atoms with Gasteiger partial charge in [0.2, 0.25) is 0 Å². The predicted molar refractivity (Wildman–Crippen MR) is 70.8 cm³/mol. The van der Waals surface area contributed by atoms with Crippen molar-refractivity contribution in [1.29, 1.82) is 0 Å². The zero-order valence-corrected chi connectivity index (χ0v) is 11.4. The number of nitrogens with one attached hydrogen (secondary N) is 2. The van der Waals surface area contributed by atoms with E-state index in [1.807, 2.05) is 13.1 Å². The van der Waals surface area contributed by atoms with Crippen LogP contribution in [-0.4, -0.2) is 23.6 Å². The minimum atomic E-state index is 0.163. The molecule has 1 saturated heterocycles. The van der Waals surface area contributed by atoms with Crippen molar-refractivity contribution in [3.63, 3.8) is 0 Å². The van der Waals surface area contributed by atoms with Gasteiger partial charge in [0.05, 0.1) is 4.47 Å². The van der Waals surface area contributed by atoms with Gasteiger partial charge in [-0.15, -0.1) is 0 Å². The molecule has 0 aliphatic carbocycles. The number of rotatable bonds is 2. The lowest BCUT2D eigenvalue weighted by atomic mass is 9.90. The van der Waals surface area contributed by atoms with Gasteiger partial charge in [0, 0.05) is 11.7 Å². The molecular weight excluding hydrogens is 266 g/mol. The van der Waals surface area contributed by atoms with Crippen LogP contribution >= 0.6 is 15.9 Å². The molecule has 0 bridgehead atoms. The molecule has 0 saturated carbocycles. The van der Waals surface area contributed by atoms with Crippen molar-refractivity contribution in [2.24, 2.45) is 0 Å². The molecule has 2 heterocycles. The van der Waals surface area contributed by atoms with Gasteiger partial charge >= 0.3 is 0 Å². The Morgan fingerprint density at radius 1 is 1.44 bits per heavy atom. The van der Waals surface area contributed by atoms with Crippen LogP contribution in [0.1, 0.15) is 25.3 Å². The number of aryl methyl sites for hydroxylation is 1. The second-order valence-electron chi connectivity index (χ2n) is 4.78. The third-order valence-electron chi connectivity index (χ3n) is 3.11. The second-order valence-corrected chi connectivity index (χ2v) is 5.63. The number of nitrogens with zero attached hydrogens (tertiary/aromatic N) is 1. The fraction of sp³-hybridized carbons (Fsp3) is 0.583. The Labute approximate surface area is 105 Å². The van der Waals surface area contributed by atoms with Crippen LogP contribution in [0.15, 0.2) is 16.7 Å². The summed E-state index contributed by atoms with van der Waals surface area (Å²) < 4.78 is 1.05. The highest BCUT2D eigenvalue weighted by Crippen LogP contribution is 2.27. The van der Waals surface area contributed by atoms with Gasteiger partial charge in [0.15, 0.2) is 0 Å². The van der Waals surface area contributed by atoms with Crippen molar-refractivity contribution in [2.75, 3.05) is 18.4 Å². The van der Waals surface area contributed by atoms with Gasteiger partial charge in [-0.3, -0.25) is 0 Å². The lowest BCUT2D eigenvalue weighted by Gasteiger charge is -2.35. The van der Waals surface area contributed by atoms with Crippen molar-refractivity contribution < 1.29 is 0 Å². The minimum Gasteiger partial charge on any atom is -0.364 e. The van der Waals surface area contributed by atoms with E-state index in [9.17, 15) is 0 Å². The van der Waals surface area contributed by atoms with Gasteiger partial charge in [-0.05, 0) is 67.3 Å². The highest BCUT2D eigenvalue weighted by Gasteiger charge is 2.27. The molecule has 0 spiro atoms. The van der Waals surface area contributed by atoms with Crippen LogP contribution in [0.5, 0.6) is 0 Å². The molecule has 1 fully saturated rings. The van der Waals surface area contributed by atoms with E-state index in [1.54, 1.807) is 0 Å². The van der Waals surface area contributed by atoms with Crippen molar-refractivity contribution >= 4 is 21.7 Å². The lowest BCUT2D eigenvalue weighted by Crippen LogP contribution is -2.45. The minimum absolute atomic E-state index is 0.163. The summed E-state index contributed by atoms with van der Waals surface area (Å²) in [6.45, 7) is 6.47. The number of aromatic nitrogens is 1. The highest BCUT2D eigenvalue weighted by atomic mass is 79.9. The first kappa shape index (κ1) is 11.9. The molecule has 0 atom stereocenters. The van der Waals surface area contributed by atoms with Gasteiger partial charge in [0.25, 0.3) is 0 Å². The summed E-state index contributed by atoms with van der Waals surface area (Å²) in [5.41, 5.74) is 1.34. The monoisotopic (exact) mass is 283 g/mol. The Hall–Kier alpha value is -0.610. The summed E-state index contributed by atoms with van der Waals surface area (Å²) in [6, 6.07) is 2.10. The maximum Gasteiger partial charge on any atom is 0.140 e. The van der Waals surface area contributed by atoms with Gasteiger partial charge < -0.3 is 10.6 Å². The molecule has 1 aliphatic rings. The number of pyridine rings is 1. The standard InChI is InChI=1S/C12H18BrN3/c1-9-7-10(13)11(15-8-9)16-12(2)3-5-14-6-4-12/h7-8,14H,3-6H2,1-2H3,(H,15,16). The molecule has 0 aromatic carbocycles. The van der Waals surface area contributed by atoms with E-state index in [2.05, 4.69) is 44.5 Å². The molecule has 2 N–H and O–H groups in total. The molecule has 4 heteroatoms. The van der Waals surface area contributed by atoms with Crippen LogP contribution in [0.2, 0.25) is 0 Å². The molecule has 1 aromatic heterocycles. The number of hydrogen-bond acceptors (Lipinski definition) is 3.